The second-order valence-electron chi connectivity index (χ2n) is 3.34. The third-order valence-electron chi connectivity index (χ3n) is 2.24. The molecule has 1 unspecified atom stereocenters. The van der Waals surface area contributed by atoms with Crippen LogP contribution in [0.2, 0.25) is 0 Å². The number of ether oxygens (including phenoxy) is 1. The van der Waals surface area contributed by atoms with Crippen LogP contribution in [0, 0.1) is 5.82 Å². The van der Waals surface area contributed by atoms with Gasteiger partial charge in [-0.3, -0.25) is 4.79 Å². The molecule has 82 valence electrons. The van der Waals surface area contributed by atoms with Gasteiger partial charge in [-0.05, 0) is 30.2 Å². The summed E-state index contributed by atoms with van der Waals surface area (Å²) in [5.41, 5.74) is 1.16. The Bertz CT molecular complexity index is 363. The van der Waals surface area contributed by atoms with Gasteiger partial charge in [0, 0.05) is 7.11 Å². The Morgan fingerprint density at radius 1 is 1.60 bits per heavy atom. The van der Waals surface area contributed by atoms with Crippen LogP contribution in [0.1, 0.15) is 24.0 Å². The minimum atomic E-state index is -0.974. The minimum Gasteiger partial charge on any atom is -0.481 e. The highest BCUT2D eigenvalue weighted by molar-refractivity contribution is 5.76. The molecule has 0 aliphatic rings. The van der Waals surface area contributed by atoms with E-state index in [9.17, 15) is 9.18 Å². The van der Waals surface area contributed by atoms with Crippen molar-refractivity contribution >= 4 is 5.97 Å². The number of hydrogen-bond acceptors (Lipinski definition) is 2. The summed E-state index contributed by atoms with van der Waals surface area (Å²) in [6.45, 7) is 1.81. The number of rotatable bonds is 4. The van der Waals surface area contributed by atoms with E-state index in [2.05, 4.69) is 0 Å². The predicted molar refractivity (Wildman–Crippen MR) is 53.2 cm³/mol. The summed E-state index contributed by atoms with van der Waals surface area (Å²) >= 11 is 0. The zero-order chi connectivity index (χ0) is 11.4. The van der Waals surface area contributed by atoms with E-state index in [1.807, 2.05) is 0 Å². The molecule has 0 aromatic heterocycles. The number of carboxylic acids is 1. The van der Waals surface area contributed by atoms with Crippen LogP contribution in [0.4, 0.5) is 4.39 Å². The van der Waals surface area contributed by atoms with Crippen molar-refractivity contribution in [1.29, 1.82) is 0 Å². The number of aliphatic carboxylic acids is 1. The smallest absolute Gasteiger partial charge is 0.310 e. The van der Waals surface area contributed by atoms with Gasteiger partial charge in [0.05, 0.1) is 12.5 Å². The predicted octanol–water partition coefficient (Wildman–Crippen LogP) is 2.16. The van der Waals surface area contributed by atoms with Gasteiger partial charge in [0.25, 0.3) is 0 Å². The molecule has 4 heteroatoms. The lowest BCUT2D eigenvalue weighted by Crippen LogP contribution is -2.10. The van der Waals surface area contributed by atoms with E-state index in [4.69, 9.17) is 9.84 Å². The van der Waals surface area contributed by atoms with Gasteiger partial charge in [0.2, 0.25) is 0 Å². The third-order valence-corrected chi connectivity index (χ3v) is 2.24. The molecule has 0 aliphatic carbocycles. The monoisotopic (exact) mass is 212 g/mol. The average molecular weight is 212 g/mol. The SMILES string of the molecule is COCc1ccc(F)cc1C(C)C(=O)O. The van der Waals surface area contributed by atoms with Crippen LogP contribution in [0.15, 0.2) is 18.2 Å². The summed E-state index contributed by atoms with van der Waals surface area (Å²) in [7, 11) is 1.51. The normalized spacial score (nSPS) is 12.5. The Kier molecular flexibility index (Phi) is 3.80. The van der Waals surface area contributed by atoms with E-state index in [1.54, 1.807) is 6.07 Å². The standard InChI is InChI=1S/C11H13FO3/c1-7(11(13)14)10-5-9(12)4-3-8(10)6-15-2/h3-5,7H,6H2,1-2H3,(H,13,14). The fourth-order valence-electron chi connectivity index (χ4n) is 1.39. The Labute approximate surface area is 87.5 Å². The first-order valence-corrected chi connectivity index (χ1v) is 4.56. The van der Waals surface area contributed by atoms with E-state index in [0.717, 1.165) is 0 Å². The molecule has 0 aliphatic heterocycles. The maximum Gasteiger partial charge on any atom is 0.310 e. The molecule has 3 nitrogen and oxygen atoms in total. The lowest BCUT2D eigenvalue weighted by atomic mass is 9.96. The first-order chi connectivity index (χ1) is 7.06. The van der Waals surface area contributed by atoms with Gasteiger partial charge < -0.3 is 9.84 Å². The summed E-state index contributed by atoms with van der Waals surface area (Å²) in [4.78, 5) is 10.8. The quantitative estimate of drug-likeness (QED) is 0.831. The molecular weight excluding hydrogens is 199 g/mol. The van der Waals surface area contributed by atoms with E-state index in [-0.39, 0.29) is 6.61 Å². The topological polar surface area (TPSA) is 46.5 Å². The van der Waals surface area contributed by atoms with E-state index < -0.39 is 17.7 Å². The first kappa shape index (κ1) is 11.7. The lowest BCUT2D eigenvalue weighted by molar-refractivity contribution is -0.138. The van der Waals surface area contributed by atoms with Gasteiger partial charge in [0.1, 0.15) is 5.82 Å². The van der Waals surface area contributed by atoms with Gasteiger partial charge in [-0.1, -0.05) is 6.07 Å². The molecule has 0 heterocycles. The van der Waals surface area contributed by atoms with Crippen molar-refractivity contribution in [2.24, 2.45) is 0 Å². The van der Waals surface area contributed by atoms with Crippen LogP contribution in [-0.4, -0.2) is 18.2 Å². The summed E-state index contributed by atoms with van der Waals surface area (Å²) < 4.78 is 17.9. The van der Waals surface area contributed by atoms with Gasteiger partial charge in [-0.25, -0.2) is 4.39 Å². The molecule has 1 aromatic rings. The Morgan fingerprint density at radius 3 is 2.80 bits per heavy atom. The number of benzene rings is 1. The van der Waals surface area contributed by atoms with Crippen LogP contribution in [0.25, 0.3) is 0 Å². The molecular formula is C11H13FO3. The minimum absolute atomic E-state index is 0.285. The number of carbonyl (C=O) groups is 1. The van der Waals surface area contributed by atoms with Crippen molar-refractivity contribution in [2.75, 3.05) is 7.11 Å². The molecule has 15 heavy (non-hydrogen) atoms. The van der Waals surface area contributed by atoms with Crippen molar-refractivity contribution < 1.29 is 19.0 Å². The molecule has 1 N–H and O–H groups in total. The van der Waals surface area contributed by atoms with Gasteiger partial charge in [-0.2, -0.15) is 0 Å². The fraction of sp³-hybridized carbons (Fsp3) is 0.364. The van der Waals surface area contributed by atoms with Gasteiger partial charge in [0.15, 0.2) is 0 Å². The number of methoxy groups -OCH3 is 1. The largest absolute Gasteiger partial charge is 0.481 e. The molecule has 0 bridgehead atoms. The summed E-state index contributed by atoms with van der Waals surface area (Å²) in [6.07, 6.45) is 0. The molecule has 1 aromatic carbocycles. The average Bonchev–Trinajstić information content (AvgIpc) is 2.20. The molecule has 1 rings (SSSR count). The van der Waals surface area contributed by atoms with Crippen LogP contribution < -0.4 is 0 Å². The lowest BCUT2D eigenvalue weighted by Gasteiger charge is -2.12. The zero-order valence-corrected chi connectivity index (χ0v) is 8.66. The Hall–Kier alpha value is -1.42. The summed E-state index contributed by atoms with van der Waals surface area (Å²) in [6, 6.07) is 4.09. The number of halogens is 1. The zero-order valence-electron chi connectivity index (χ0n) is 8.66. The van der Waals surface area contributed by atoms with Gasteiger partial charge in [-0.15, -0.1) is 0 Å². The molecule has 0 amide bonds. The van der Waals surface area contributed by atoms with E-state index in [1.165, 1.54) is 26.2 Å². The van der Waals surface area contributed by atoms with Crippen molar-refractivity contribution in [3.8, 4) is 0 Å². The molecule has 0 saturated heterocycles. The molecule has 0 saturated carbocycles. The summed E-state index contributed by atoms with van der Waals surface area (Å²) in [5, 5.41) is 8.86. The molecule has 0 fully saturated rings. The van der Waals surface area contributed by atoms with E-state index in [0.29, 0.717) is 11.1 Å². The van der Waals surface area contributed by atoms with Gasteiger partial charge >= 0.3 is 5.97 Å². The second-order valence-corrected chi connectivity index (χ2v) is 3.34. The number of carboxylic acid groups (broad SMARTS) is 1. The molecule has 0 radical (unpaired) electrons. The molecule has 1 atom stereocenters. The van der Waals surface area contributed by atoms with Crippen molar-refractivity contribution in [2.45, 2.75) is 19.4 Å². The highest BCUT2D eigenvalue weighted by atomic mass is 19.1. The maximum absolute atomic E-state index is 13.0. The third kappa shape index (κ3) is 2.76. The van der Waals surface area contributed by atoms with E-state index >= 15 is 0 Å². The Morgan fingerprint density at radius 2 is 2.27 bits per heavy atom. The summed E-state index contributed by atoms with van der Waals surface area (Å²) in [5.74, 6) is -2.14. The fourth-order valence-corrected chi connectivity index (χ4v) is 1.39. The van der Waals surface area contributed by atoms with Crippen molar-refractivity contribution in [1.82, 2.24) is 0 Å². The van der Waals surface area contributed by atoms with Crippen molar-refractivity contribution in [3.05, 3.63) is 35.1 Å². The highest BCUT2D eigenvalue weighted by Gasteiger charge is 2.17. The van der Waals surface area contributed by atoms with Crippen molar-refractivity contribution in [3.63, 3.8) is 0 Å². The Balaban J connectivity index is 3.11. The van der Waals surface area contributed by atoms with Crippen LogP contribution in [-0.2, 0) is 16.1 Å². The maximum atomic E-state index is 13.0. The second kappa shape index (κ2) is 4.89. The molecule has 0 spiro atoms. The first-order valence-electron chi connectivity index (χ1n) is 4.56. The number of hydrogen-bond donors (Lipinski definition) is 1. The van der Waals surface area contributed by atoms with Crippen LogP contribution in [0.3, 0.4) is 0 Å². The van der Waals surface area contributed by atoms with Crippen LogP contribution in [0.5, 0.6) is 0 Å². The highest BCUT2D eigenvalue weighted by Crippen LogP contribution is 2.22. The van der Waals surface area contributed by atoms with Crippen LogP contribution >= 0.6 is 0 Å².